The monoisotopic (exact) mass is 162 g/mol. The Bertz CT molecular complexity index is 346. The molecule has 0 fully saturated rings. The standard InChI is InChI=1S/C9H10N2O/c10-5-7-6-3-1-2-4-8(6)12-9(7)11/h1-4,11H2. The summed E-state index contributed by atoms with van der Waals surface area (Å²) in [5.41, 5.74) is 7.15. The van der Waals surface area contributed by atoms with Crippen molar-refractivity contribution in [3.8, 4) is 6.07 Å². The SMILES string of the molecule is N#Cc1c(N)oc2c1CCCC2. The van der Waals surface area contributed by atoms with Crippen LogP contribution in [0.2, 0.25) is 0 Å². The number of anilines is 1. The first-order valence-corrected chi connectivity index (χ1v) is 4.13. The van der Waals surface area contributed by atoms with E-state index < -0.39 is 0 Å². The molecule has 0 saturated heterocycles. The van der Waals surface area contributed by atoms with Crippen LogP contribution in [0.15, 0.2) is 4.42 Å². The minimum absolute atomic E-state index is 0.296. The van der Waals surface area contributed by atoms with Gasteiger partial charge in [0.1, 0.15) is 17.4 Å². The lowest BCUT2D eigenvalue weighted by molar-refractivity contribution is 0.491. The van der Waals surface area contributed by atoms with Gasteiger partial charge in [0.2, 0.25) is 5.88 Å². The summed E-state index contributed by atoms with van der Waals surface area (Å²) in [7, 11) is 0. The molecule has 0 amide bonds. The van der Waals surface area contributed by atoms with E-state index in [0.717, 1.165) is 37.0 Å². The maximum absolute atomic E-state index is 8.77. The first kappa shape index (κ1) is 7.23. The van der Waals surface area contributed by atoms with E-state index in [-0.39, 0.29) is 0 Å². The summed E-state index contributed by atoms with van der Waals surface area (Å²) in [5.74, 6) is 1.22. The molecule has 0 aromatic carbocycles. The van der Waals surface area contributed by atoms with Crippen molar-refractivity contribution in [3.63, 3.8) is 0 Å². The molecule has 0 radical (unpaired) electrons. The molecule has 1 aromatic rings. The van der Waals surface area contributed by atoms with Crippen molar-refractivity contribution in [2.24, 2.45) is 0 Å². The van der Waals surface area contributed by atoms with Crippen molar-refractivity contribution in [1.82, 2.24) is 0 Å². The maximum atomic E-state index is 8.77. The average molecular weight is 162 g/mol. The fourth-order valence-electron chi connectivity index (χ4n) is 1.71. The minimum atomic E-state index is 0.296. The lowest BCUT2D eigenvalue weighted by Gasteiger charge is -2.07. The maximum Gasteiger partial charge on any atom is 0.208 e. The van der Waals surface area contributed by atoms with Crippen LogP contribution in [-0.4, -0.2) is 0 Å². The average Bonchev–Trinajstić information content (AvgIpc) is 2.40. The molecule has 0 atom stereocenters. The number of nitriles is 1. The molecular weight excluding hydrogens is 152 g/mol. The van der Waals surface area contributed by atoms with Crippen molar-refractivity contribution in [3.05, 3.63) is 16.9 Å². The van der Waals surface area contributed by atoms with Crippen LogP contribution in [0.5, 0.6) is 0 Å². The van der Waals surface area contributed by atoms with Gasteiger partial charge in [-0.1, -0.05) is 0 Å². The van der Waals surface area contributed by atoms with Crippen molar-refractivity contribution < 1.29 is 4.42 Å². The van der Waals surface area contributed by atoms with Crippen molar-refractivity contribution in [1.29, 1.82) is 5.26 Å². The second kappa shape index (κ2) is 2.56. The molecule has 62 valence electrons. The molecule has 1 aliphatic carbocycles. The van der Waals surface area contributed by atoms with Gasteiger partial charge in [-0.25, -0.2) is 0 Å². The van der Waals surface area contributed by atoms with E-state index in [0.29, 0.717) is 11.4 Å². The Labute approximate surface area is 70.8 Å². The molecule has 1 aromatic heterocycles. The number of hydrogen-bond donors (Lipinski definition) is 1. The zero-order chi connectivity index (χ0) is 8.55. The van der Waals surface area contributed by atoms with Gasteiger partial charge in [0.05, 0.1) is 0 Å². The molecular formula is C9H10N2O. The van der Waals surface area contributed by atoms with E-state index in [1.165, 1.54) is 0 Å². The smallest absolute Gasteiger partial charge is 0.208 e. The van der Waals surface area contributed by atoms with E-state index in [1.54, 1.807) is 0 Å². The third kappa shape index (κ3) is 0.884. The fourth-order valence-corrected chi connectivity index (χ4v) is 1.71. The Morgan fingerprint density at radius 3 is 2.83 bits per heavy atom. The minimum Gasteiger partial charge on any atom is -0.444 e. The van der Waals surface area contributed by atoms with Gasteiger partial charge >= 0.3 is 0 Å². The highest BCUT2D eigenvalue weighted by molar-refractivity contribution is 5.54. The van der Waals surface area contributed by atoms with Crippen LogP contribution in [0.25, 0.3) is 0 Å². The zero-order valence-corrected chi connectivity index (χ0v) is 6.76. The van der Waals surface area contributed by atoms with Crippen molar-refractivity contribution >= 4 is 5.88 Å². The van der Waals surface area contributed by atoms with Crippen molar-refractivity contribution in [2.45, 2.75) is 25.7 Å². The Morgan fingerprint density at radius 2 is 2.08 bits per heavy atom. The van der Waals surface area contributed by atoms with Gasteiger partial charge in [-0.15, -0.1) is 0 Å². The van der Waals surface area contributed by atoms with Crippen LogP contribution in [0.3, 0.4) is 0 Å². The lowest BCUT2D eigenvalue weighted by Crippen LogP contribution is -2.00. The van der Waals surface area contributed by atoms with Crippen LogP contribution in [0.4, 0.5) is 5.88 Å². The molecule has 1 aliphatic rings. The fraction of sp³-hybridized carbons (Fsp3) is 0.444. The highest BCUT2D eigenvalue weighted by atomic mass is 16.4. The number of furan rings is 1. The Hall–Kier alpha value is -1.43. The Morgan fingerprint density at radius 1 is 1.33 bits per heavy atom. The number of hydrogen-bond acceptors (Lipinski definition) is 3. The number of nitrogens with two attached hydrogens (primary N) is 1. The van der Waals surface area contributed by atoms with E-state index in [2.05, 4.69) is 6.07 Å². The van der Waals surface area contributed by atoms with Crippen LogP contribution >= 0.6 is 0 Å². The lowest BCUT2D eigenvalue weighted by atomic mass is 9.96. The molecule has 3 heteroatoms. The van der Waals surface area contributed by atoms with Crippen molar-refractivity contribution in [2.75, 3.05) is 5.73 Å². The number of nitrogens with zero attached hydrogens (tertiary/aromatic N) is 1. The number of aryl methyl sites for hydroxylation is 1. The molecule has 3 nitrogen and oxygen atoms in total. The number of nitrogen functional groups attached to an aromatic ring is 1. The second-order valence-corrected chi connectivity index (χ2v) is 3.06. The molecule has 0 saturated carbocycles. The molecule has 1 heterocycles. The van der Waals surface area contributed by atoms with Gasteiger partial charge in [0, 0.05) is 12.0 Å². The van der Waals surface area contributed by atoms with Crippen LogP contribution in [0.1, 0.15) is 29.7 Å². The van der Waals surface area contributed by atoms with Gasteiger partial charge in [-0.3, -0.25) is 0 Å². The first-order valence-electron chi connectivity index (χ1n) is 4.13. The van der Waals surface area contributed by atoms with Gasteiger partial charge in [-0.2, -0.15) is 5.26 Å². The molecule has 0 unspecified atom stereocenters. The van der Waals surface area contributed by atoms with E-state index in [4.69, 9.17) is 15.4 Å². The van der Waals surface area contributed by atoms with Gasteiger partial charge in [0.25, 0.3) is 0 Å². The Kier molecular flexibility index (Phi) is 1.54. The second-order valence-electron chi connectivity index (χ2n) is 3.06. The normalized spacial score (nSPS) is 15.2. The number of fused-ring (bicyclic) bond motifs is 1. The van der Waals surface area contributed by atoms with Crippen LogP contribution in [-0.2, 0) is 12.8 Å². The molecule has 2 N–H and O–H groups in total. The third-order valence-electron chi connectivity index (χ3n) is 2.31. The molecule has 12 heavy (non-hydrogen) atoms. The summed E-state index contributed by atoms with van der Waals surface area (Å²) in [6.07, 6.45) is 4.16. The highest BCUT2D eigenvalue weighted by Crippen LogP contribution is 2.30. The predicted octanol–water partition coefficient (Wildman–Crippen LogP) is 1.61. The van der Waals surface area contributed by atoms with Gasteiger partial charge in [0.15, 0.2) is 0 Å². The van der Waals surface area contributed by atoms with Crippen LogP contribution < -0.4 is 5.73 Å². The zero-order valence-electron chi connectivity index (χ0n) is 6.76. The highest BCUT2D eigenvalue weighted by Gasteiger charge is 2.20. The summed E-state index contributed by atoms with van der Waals surface area (Å²) >= 11 is 0. The Balaban J connectivity index is 2.56. The van der Waals surface area contributed by atoms with Gasteiger partial charge in [-0.05, 0) is 19.3 Å². The quantitative estimate of drug-likeness (QED) is 0.630. The van der Waals surface area contributed by atoms with E-state index in [1.807, 2.05) is 0 Å². The van der Waals surface area contributed by atoms with Crippen LogP contribution in [0, 0.1) is 11.3 Å². The molecule has 0 spiro atoms. The molecule has 0 aliphatic heterocycles. The number of rotatable bonds is 0. The van der Waals surface area contributed by atoms with E-state index in [9.17, 15) is 0 Å². The molecule has 0 bridgehead atoms. The van der Waals surface area contributed by atoms with E-state index >= 15 is 0 Å². The summed E-state index contributed by atoms with van der Waals surface area (Å²) in [5, 5.41) is 8.77. The first-order chi connectivity index (χ1) is 5.83. The topological polar surface area (TPSA) is 63.0 Å². The predicted molar refractivity (Wildman–Crippen MR) is 44.5 cm³/mol. The molecule has 2 rings (SSSR count). The summed E-state index contributed by atoms with van der Waals surface area (Å²) in [6, 6.07) is 2.08. The summed E-state index contributed by atoms with van der Waals surface area (Å²) in [4.78, 5) is 0. The summed E-state index contributed by atoms with van der Waals surface area (Å²) < 4.78 is 5.28. The third-order valence-corrected chi connectivity index (χ3v) is 2.31. The summed E-state index contributed by atoms with van der Waals surface area (Å²) in [6.45, 7) is 0. The van der Waals surface area contributed by atoms with Gasteiger partial charge < -0.3 is 10.2 Å². The largest absolute Gasteiger partial charge is 0.444 e.